The van der Waals surface area contributed by atoms with Crippen LogP contribution >= 0.6 is 0 Å². The van der Waals surface area contributed by atoms with Gasteiger partial charge in [0.1, 0.15) is 16.9 Å². The molecule has 4 amide bonds. The number of aromatic carboxylic acids is 1. The highest BCUT2D eigenvalue weighted by atomic mass is 19.4. The summed E-state index contributed by atoms with van der Waals surface area (Å²) in [6.07, 6.45) is 16.0. The van der Waals surface area contributed by atoms with Crippen LogP contribution in [0.5, 0.6) is 11.5 Å². The molecule has 0 saturated heterocycles. The zero-order valence-electron chi connectivity index (χ0n) is 30.4. The van der Waals surface area contributed by atoms with Crippen LogP contribution < -0.4 is 9.80 Å². The number of imide groups is 2. The van der Waals surface area contributed by atoms with Gasteiger partial charge >= 0.3 is 12.1 Å². The summed E-state index contributed by atoms with van der Waals surface area (Å²) in [7, 11) is 0. The second kappa shape index (κ2) is 14.9. The zero-order chi connectivity index (χ0) is 43.1. The molecule has 2 aliphatic heterocycles. The predicted molar refractivity (Wildman–Crippen MR) is 209 cm³/mol. The van der Waals surface area contributed by atoms with E-state index in [9.17, 15) is 34.2 Å². The molecule has 59 heavy (non-hydrogen) atoms. The first-order chi connectivity index (χ1) is 27.9. The van der Waals surface area contributed by atoms with Crippen LogP contribution in [0.25, 0.3) is 0 Å². The van der Waals surface area contributed by atoms with E-state index in [0.717, 1.165) is 43.3 Å². The molecule has 0 saturated carbocycles. The number of carbonyl (C=O) groups excluding carboxylic acids is 4. The number of carboxylic acid groups (broad SMARTS) is 1. The highest BCUT2D eigenvalue weighted by Gasteiger charge is 2.54. The second-order valence-corrected chi connectivity index (χ2v) is 13.1. The summed E-state index contributed by atoms with van der Waals surface area (Å²) in [5.41, 5.74) is -3.56. The number of carboxylic acids is 1. The molecule has 13 heteroatoms. The van der Waals surface area contributed by atoms with Gasteiger partial charge in [-0.3, -0.25) is 19.2 Å². The number of phenolic OH excluding ortho intramolecular Hbond substituents is 2. The van der Waals surface area contributed by atoms with Crippen molar-refractivity contribution in [3.05, 3.63) is 152 Å². The van der Waals surface area contributed by atoms with Gasteiger partial charge < -0.3 is 15.3 Å². The molecule has 2 aliphatic rings. The molecule has 0 radical (unpaired) electrons. The second-order valence-electron chi connectivity index (χ2n) is 13.1. The quantitative estimate of drug-likeness (QED) is 0.129. The lowest BCUT2D eigenvalue weighted by Gasteiger charge is -2.34. The molecule has 0 bridgehead atoms. The Balaban J connectivity index is 0.000000385. The maximum Gasteiger partial charge on any atom is 0.402 e. The Morgan fingerprint density at radius 1 is 0.542 bits per heavy atom. The number of nitrogens with zero attached hydrogens (tertiary/aromatic N) is 2. The monoisotopic (exact) mass is 790 g/mol. The van der Waals surface area contributed by atoms with Crippen molar-refractivity contribution in [3.63, 3.8) is 0 Å². The maximum absolute atomic E-state index is 15.1. The van der Waals surface area contributed by atoms with Crippen molar-refractivity contribution in [2.75, 3.05) is 9.80 Å². The molecule has 0 aromatic heterocycles. The fraction of sp³-hybridized carbons (Fsp3) is 0.0652. The Morgan fingerprint density at radius 3 is 1.25 bits per heavy atom. The molecule has 288 valence electrons. The number of fused-ring (bicyclic) bond motifs is 2. The van der Waals surface area contributed by atoms with Crippen molar-refractivity contribution < 1.29 is 52.5 Å². The van der Waals surface area contributed by atoms with Crippen LogP contribution in [0.2, 0.25) is 0 Å². The first-order valence-electron chi connectivity index (χ1n) is 16.9. The third kappa shape index (κ3) is 6.76. The minimum atomic E-state index is -5.07. The Bertz CT molecular complexity index is 2710. The van der Waals surface area contributed by atoms with E-state index >= 15 is 13.2 Å². The third-order valence-electron chi connectivity index (χ3n) is 9.77. The number of carbonyl (C=O) groups is 5. The van der Waals surface area contributed by atoms with Gasteiger partial charge in [0.2, 0.25) is 0 Å². The molecule has 2 heterocycles. The van der Waals surface area contributed by atoms with E-state index in [1.54, 1.807) is 6.07 Å². The lowest BCUT2D eigenvalue weighted by molar-refractivity contribution is -0.173. The van der Waals surface area contributed by atoms with Crippen LogP contribution in [-0.2, 0) is 5.41 Å². The smallest absolute Gasteiger partial charge is 0.402 e. The molecule has 0 fully saturated rings. The van der Waals surface area contributed by atoms with Gasteiger partial charge in [0.25, 0.3) is 23.6 Å². The summed E-state index contributed by atoms with van der Waals surface area (Å²) in [4.78, 5) is 64.7. The number of rotatable bonds is 5. The number of halogens is 3. The number of terminal acetylenes is 4. The number of hydrogen-bond donors (Lipinski definition) is 3. The number of alkyl halides is 3. The molecule has 0 unspecified atom stereocenters. The van der Waals surface area contributed by atoms with Crippen LogP contribution in [0, 0.1) is 49.4 Å². The number of amides is 4. The van der Waals surface area contributed by atoms with Gasteiger partial charge in [-0.2, -0.15) is 13.2 Å². The molecular weight excluding hydrogens is 766 g/mol. The lowest BCUT2D eigenvalue weighted by atomic mass is 9.75. The molecule has 5 aromatic rings. The van der Waals surface area contributed by atoms with Crippen molar-refractivity contribution in [3.8, 4) is 60.9 Å². The molecular formula is C46H25F3N2O8. The van der Waals surface area contributed by atoms with E-state index in [1.165, 1.54) is 48.5 Å². The Morgan fingerprint density at radius 2 is 0.915 bits per heavy atom. The van der Waals surface area contributed by atoms with Gasteiger partial charge in [-0.05, 0) is 96.9 Å². The topological polar surface area (TPSA) is 153 Å². The Labute approximate surface area is 334 Å². The molecule has 0 spiro atoms. The standard InChI is InChI=1S/C35H19F3N2O6.C11H6O2/c1-4-18-6-10-22-24(14-18)32(45)39(30(22)43)26-16-20(8-12-28(26)41)34(3,35(36,37)38)21-9-13-29(42)27(17-21)40-31(44)23-11-7-19(5-2)15-25(23)33(40)46;1-3-8-5-9(4-2)7-10(6-8)11(12)13/h1-2,6-17,41-42H,3H3;1-2,5-7H,(H,12,13). The maximum atomic E-state index is 15.1. The summed E-state index contributed by atoms with van der Waals surface area (Å²) in [6, 6.07) is 18.0. The fourth-order valence-corrected chi connectivity index (χ4v) is 6.54. The zero-order valence-corrected chi connectivity index (χ0v) is 30.4. The van der Waals surface area contributed by atoms with Gasteiger partial charge in [-0.1, -0.05) is 35.8 Å². The first kappa shape index (κ1) is 40.2. The van der Waals surface area contributed by atoms with Gasteiger partial charge in [-0.25, -0.2) is 14.6 Å². The minimum Gasteiger partial charge on any atom is -0.506 e. The van der Waals surface area contributed by atoms with E-state index in [1.807, 2.05) is 0 Å². The predicted octanol–water partition coefficient (Wildman–Crippen LogP) is 6.88. The van der Waals surface area contributed by atoms with Crippen molar-refractivity contribution >= 4 is 41.0 Å². The average Bonchev–Trinajstić information content (AvgIpc) is 3.62. The minimum absolute atomic E-state index is 0.0501. The van der Waals surface area contributed by atoms with Crippen LogP contribution in [-0.4, -0.2) is 51.1 Å². The SMILES string of the molecule is C#Cc1cc(C#C)cc(C(=O)O)c1.C#Cc1ccc2c(c1)C(=O)N(c1cc(C(C)(c3ccc(O)c(N4C(=O)c5ccc(C#C)cc5C4=O)c3)C(F)(F)F)ccc1O)C2=O. The van der Waals surface area contributed by atoms with Gasteiger partial charge in [0, 0.05) is 22.3 Å². The number of benzene rings is 5. The molecule has 0 aliphatic carbocycles. The largest absolute Gasteiger partial charge is 0.506 e. The van der Waals surface area contributed by atoms with Gasteiger partial charge in [0.15, 0.2) is 0 Å². The summed E-state index contributed by atoms with van der Waals surface area (Å²) < 4.78 is 45.4. The molecule has 10 nitrogen and oxygen atoms in total. The van der Waals surface area contributed by atoms with Crippen LogP contribution in [0.4, 0.5) is 24.5 Å². The van der Waals surface area contributed by atoms with Crippen LogP contribution in [0.15, 0.2) is 91.0 Å². The van der Waals surface area contributed by atoms with Gasteiger partial charge in [0.05, 0.1) is 39.2 Å². The number of hydrogen-bond acceptors (Lipinski definition) is 7. The van der Waals surface area contributed by atoms with E-state index in [2.05, 4.69) is 23.7 Å². The average molecular weight is 791 g/mol. The van der Waals surface area contributed by atoms with Gasteiger partial charge in [-0.15, -0.1) is 25.7 Å². The molecule has 3 N–H and O–H groups in total. The summed E-state index contributed by atoms with van der Waals surface area (Å²) in [6.45, 7) is 0.808. The molecule has 5 aromatic carbocycles. The highest BCUT2D eigenvalue weighted by Crippen LogP contribution is 2.50. The number of anilines is 2. The third-order valence-corrected chi connectivity index (χ3v) is 9.77. The fourth-order valence-electron chi connectivity index (χ4n) is 6.54. The Kier molecular flexibility index (Phi) is 10.1. The van der Waals surface area contributed by atoms with Crippen LogP contribution in [0.1, 0.15) is 92.1 Å². The van der Waals surface area contributed by atoms with Crippen molar-refractivity contribution in [1.29, 1.82) is 0 Å². The molecule has 0 atom stereocenters. The van der Waals surface area contributed by atoms with E-state index < -0.39 is 75.2 Å². The summed E-state index contributed by atoms with van der Waals surface area (Å²) in [5.74, 6) is 3.46. The van der Waals surface area contributed by atoms with Crippen LogP contribution in [0.3, 0.4) is 0 Å². The number of phenols is 2. The Hall–Kier alpha value is -8.52. The lowest BCUT2D eigenvalue weighted by Crippen LogP contribution is -2.41. The van der Waals surface area contributed by atoms with Crippen molar-refractivity contribution in [2.45, 2.75) is 18.5 Å². The van der Waals surface area contributed by atoms with E-state index in [4.69, 9.17) is 30.8 Å². The highest BCUT2D eigenvalue weighted by molar-refractivity contribution is 6.35. The van der Waals surface area contributed by atoms with Crippen molar-refractivity contribution in [2.24, 2.45) is 0 Å². The summed E-state index contributed by atoms with van der Waals surface area (Å²) in [5, 5.41) is 30.0. The van der Waals surface area contributed by atoms with E-state index in [-0.39, 0.29) is 27.8 Å². The summed E-state index contributed by atoms with van der Waals surface area (Å²) >= 11 is 0. The number of aromatic hydroxyl groups is 2. The molecule has 7 rings (SSSR count). The first-order valence-corrected chi connectivity index (χ1v) is 16.9. The normalized spacial score (nSPS) is 13.0. The van der Waals surface area contributed by atoms with E-state index in [0.29, 0.717) is 32.1 Å². The van der Waals surface area contributed by atoms with Crippen molar-refractivity contribution in [1.82, 2.24) is 0 Å².